The van der Waals surface area contributed by atoms with Crippen LogP contribution >= 0.6 is 0 Å². The molecule has 0 bridgehead atoms. The fourth-order valence-electron chi connectivity index (χ4n) is 9.02. The number of carbonyl (C=O) groups is 2. The SMILES string of the molecule is COC[C@H]1CN[C@H](C)CN1CC(=O)N1CC(C)(C)c2nc(CN(C)CCOCCOCCOCCOCCOCCOCCOCCN[C@H](C)c3ccc(C(=O)Nc4ccncc4)cc3)c(Cc3ccc(F)cc3)cc21. The van der Waals surface area contributed by atoms with Gasteiger partial charge in [-0.25, -0.2) is 4.39 Å². The van der Waals surface area contributed by atoms with Gasteiger partial charge in [-0.15, -0.1) is 0 Å². The van der Waals surface area contributed by atoms with Gasteiger partial charge in [0.2, 0.25) is 5.91 Å². The van der Waals surface area contributed by atoms with Gasteiger partial charge in [-0.05, 0) is 86.5 Å². The summed E-state index contributed by atoms with van der Waals surface area (Å²) in [4.78, 5) is 42.2. The van der Waals surface area contributed by atoms with Crippen LogP contribution in [0.15, 0.2) is 79.1 Å². The molecule has 2 aliphatic rings. The highest BCUT2D eigenvalue weighted by atomic mass is 19.1. The van der Waals surface area contributed by atoms with Crippen molar-refractivity contribution in [3.05, 3.63) is 119 Å². The van der Waals surface area contributed by atoms with Crippen LogP contribution in [0.2, 0.25) is 0 Å². The van der Waals surface area contributed by atoms with Gasteiger partial charge in [0.25, 0.3) is 5.91 Å². The summed E-state index contributed by atoms with van der Waals surface area (Å²) in [5.41, 5.74) is 6.73. The number of methoxy groups -OCH3 is 1. The molecule has 0 saturated carbocycles. The van der Waals surface area contributed by atoms with Crippen LogP contribution in [0.25, 0.3) is 0 Å². The number of hydrogen-bond acceptors (Lipinski definition) is 16. The number of carbonyl (C=O) groups excluding carboxylic acids is 2. The number of anilines is 2. The van der Waals surface area contributed by atoms with Crippen molar-refractivity contribution in [2.24, 2.45) is 0 Å². The molecule has 76 heavy (non-hydrogen) atoms. The molecule has 0 spiro atoms. The lowest BCUT2D eigenvalue weighted by Gasteiger charge is -2.39. The van der Waals surface area contributed by atoms with Crippen LogP contribution in [-0.2, 0) is 61.1 Å². The quantitative estimate of drug-likeness (QED) is 0.0500. The number of hydrogen-bond donors (Lipinski definition) is 3. The van der Waals surface area contributed by atoms with E-state index in [-0.39, 0.29) is 41.2 Å². The lowest BCUT2D eigenvalue weighted by molar-refractivity contribution is -0.121. The predicted octanol–water partition coefficient (Wildman–Crippen LogP) is 5.29. The third-order valence-electron chi connectivity index (χ3n) is 13.3. The molecular formula is C57H83FN8O10. The molecule has 3 atom stereocenters. The highest BCUT2D eigenvalue weighted by molar-refractivity contribution is 6.04. The minimum atomic E-state index is -0.340. The van der Waals surface area contributed by atoms with Crippen molar-refractivity contribution in [3.8, 4) is 0 Å². The number of benzene rings is 2. The predicted molar refractivity (Wildman–Crippen MR) is 291 cm³/mol. The van der Waals surface area contributed by atoms with Gasteiger partial charge in [0.05, 0.1) is 123 Å². The molecule has 4 heterocycles. The molecule has 2 aromatic carbocycles. The van der Waals surface area contributed by atoms with Crippen LogP contribution in [0.1, 0.15) is 72.2 Å². The second-order valence-electron chi connectivity index (χ2n) is 20.0. The summed E-state index contributed by atoms with van der Waals surface area (Å²) in [6, 6.07) is 20.3. The molecule has 18 nitrogen and oxygen atoms in total. The topological polar surface area (TPSA) is 180 Å². The van der Waals surface area contributed by atoms with Crippen LogP contribution < -0.4 is 20.9 Å². The standard InChI is InChI=1S/C57H83FN8O10/c1-43-38-65(51(37-61-43)41-69-6)40-54(67)66-42-57(3,4)55-53(66)36-48(35-45-7-13-49(58)14-8-45)52(63-55)39-64(5)20-22-71-24-26-73-28-30-75-32-34-76-33-31-74-29-27-72-25-23-70-21-19-60-44(2)46-9-11-47(12-10-46)56(68)62-50-15-17-59-18-16-50/h7-18,36,43-44,51,60-61H,19-35,37-42H2,1-6H3,(H,59,62,68)/t43-,44-,51-/m1/s1. The number of likely N-dealkylation sites (N-methyl/N-ethyl adjacent to an activating group) is 1. The van der Waals surface area contributed by atoms with Gasteiger partial charge in [0, 0.05) is 93.6 Å². The first-order valence-electron chi connectivity index (χ1n) is 26.7. The number of pyridine rings is 2. The Kier molecular flexibility index (Phi) is 26.0. The van der Waals surface area contributed by atoms with Crippen LogP contribution in [0.5, 0.6) is 0 Å². The van der Waals surface area contributed by atoms with E-state index in [1.807, 2.05) is 41.3 Å². The lowest BCUT2D eigenvalue weighted by Crippen LogP contribution is -2.59. The Bertz CT molecular complexity index is 2300. The number of nitrogens with one attached hydrogen (secondary N) is 3. The van der Waals surface area contributed by atoms with E-state index in [2.05, 4.69) is 71.5 Å². The Morgan fingerprint density at radius 3 is 1.99 bits per heavy atom. The molecule has 19 heteroatoms. The van der Waals surface area contributed by atoms with E-state index in [0.717, 1.165) is 46.9 Å². The van der Waals surface area contributed by atoms with Crippen molar-refractivity contribution < 1.29 is 51.9 Å². The zero-order valence-electron chi connectivity index (χ0n) is 45.7. The number of halogens is 1. The number of ether oxygens (including phenoxy) is 8. The lowest BCUT2D eigenvalue weighted by atomic mass is 9.90. The summed E-state index contributed by atoms with van der Waals surface area (Å²) < 4.78 is 59.1. The molecule has 2 aliphatic heterocycles. The monoisotopic (exact) mass is 1060 g/mol. The summed E-state index contributed by atoms with van der Waals surface area (Å²) in [7, 11) is 3.75. The van der Waals surface area contributed by atoms with E-state index in [1.165, 1.54) is 12.1 Å². The second-order valence-corrected chi connectivity index (χ2v) is 20.0. The molecule has 1 fully saturated rings. The molecule has 2 amide bonds. The van der Waals surface area contributed by atoms with E-state index in [9.17, 15) is 14.0 Å². The largest absolute Gasteiger partial charge is 0.383 e. The second kappa shape index (κ2) is 32.8. The molecule has 6 rings (SSSR count). The average molecular weight is 1060 g/mol. The summed E-state index contributed by atoms with van der Waals surface area (Å²) in [6.45, 7) is 20.2. The third kappa shape index (κ3) is 20.5. The highest BCUT2D eigenvalue weighted by Gasteiger charge is 2.41. The normalized spacial score (nSPS) is 16.8. The Labute approximate surface area is 449 Å². The van der Waals surface area contributed by atoms with Crippen LogP contribution in [0, 0.1) is 5.82 Å². The number of fused-ring (bicyclic) bond motifs is 1. The van der Waals surface area contributed by atoms with Crippen molar-refractivity contribution >= 4 is 23.2 Å². The molecule has 418 valence electrons. The average Bonchev–Trinajstić information content (AvgIpc) is 3.70. The van der Waals surface area contributed by atoms with Gasteiger partial charge in [-0.3, -0.25) is 29.4 Å². The minimum absolute atomic E-state index is 0.0530. The van der Waals surface area contributed by atoms with Crippen molar-refractivity contribution in [1.82, 2.24) is 30.4 Å². The Morgan fingerprint density at radius 1 is 0.816 bits per heavy atom. The summed E-state index contributed by atoms with van der Waals surface area (Å²) >= 11 is 0. The molecule has 4 aromatic rings. The maximum absolute atomic E-state index is 14.1. The van der Waals surface area contributed by atoms with Crippen molar-refractivity contribution in [1.29, 1.82) is 0 Å². The van der Waals surface area contributed by atoms with E-state index in [1.54, 1.807) is 31.6 Å². The van der Waals surface area contributed by atoms with Gasteiger partial charge in [-0.2, -0.15) is 0 Å². The van der Waals surface area contributed by atoms with E-state index >= 15 is 0 Å². The minimum Gasteiger partial charge on any atom is -0.383 e. The van der Waals surface area contributed by atoms with Crippen LogP contribution in [0.4, 0.5) is 15.8 Å². The first kappa shape index (κ1) is 60.4. The number of aromatic nitrogens is 2. The Hall–Kier alpha value is -4.87. The Balaban J connectivity index is 0.752. The third-order valence-corrected chi connectivity index (χ3v) is 13.3. The molecule has 0 radical (unpaired) electrons. The fraction of sp³-hybridized carbons (Fsp3) is 0.579. The Morgan fingerprint density at radius 2 is 1.39 bits per heavy atom. The van der Waals surface area contributed by atoms with E-state index in [4.69, 9.17) is 42.9 Å². The van der Waals surface area contributed by atoms with Crippen molar-refractivity contribution in [2.45, 2.75) is 64.2 Å². The van der Waals surface area contributed by atoms with Crippen molar-refractivity contribution in [3.63, 3.8) is 0 Å². The van der Waals surface area contributed by atoms with Crippen LogP contribution in [0.3, 0.4) is 0 Å². The highest BCUT2D eigenvalue weighted by Crippen LogP contribution is 2.41. The van der Waals surface area contributed by atoms with Gasteiger partial charge in [-0.1, -0.05) is 38.1 Å². The van der Waals surface area contributed by atoms with Gasteiger partial charge >= 0.3 is 0 Å². The molecule has 0 unspecified atom stereocenters. The molecule has 0 aliphatic carbocycles. The smallest absolute Gasteiger partial charge is 0.255 e. The number of amides is 2. The van der Waals surface area contributed by atoms with E-state index in [0.29, 0.717) is 149 Å². The van der Waals surface area contributed by atoms with Gasteiger partial charge < -0.3 is 58.7 Å². The number of nitrogens with zero attached hydrogens (tertiary/aromatic N) is 5. The zero-order chi connectivity index (χ0) is 54.0. The molecular weight excluding hydrogens is 976 g/mol. The summed E-state index contributed by atoms with van der Waals surface area (Å²) in [5.74, 6) is -0.385. The van der Waals surface area contributed by atoms with E-state index < -0.39 is 0 Å². The molecule has 1 saturated heterocycles. The zero-order valence-corrected chi connectivity index (χ0v) is 45.7. The number of piperazine rings is 1. The summed E-state index contributed by atoms with van der Waals surface area (Å²) in [6.07, 6.45) is 3.84. The first-order valence-corrected chi connectivity index (χ1v) is 26.7. The maximum Gasteiger partial charge on any atom is 0.255 e. The number of rotatable bonds is 36. The molecule has 3 N–H and O–H groups in total. The van der Waals surface area contributed by atoms with Crippen molar-refractivity contribution in [2.75, 3.05) is 163 Å². The van der Waals surface area contributed by atoms with Crippen LogP contribution in [-0.4, -0.2) is 196 Å². The summed E-state index contributed by atoms with van der Waals surface area (Å²) in [5, 5.41) is 9.82. The molecule has 2 aromatic heterocycles. The van der Waals surface area contributed by atoms with Gasteiger partial charge in [0.15, 0.2) is 0 Å². The first-order chi connectivity index (χ1) is 36.9. The maximum atomic E-state index is 14.1. The van der Waals surface area contributed by atoms with Gasteiger partial charge in [0.1, 0.15) is 5.82 Å². The fourth-order valence-corrected chi connectivity index (χ4v) is 9.02.